The van der Waals surface area contributed by atoms with Crippen LogP contribution < -0.4 is 20.1 Å². The Bertz CT molecular complexity index is 464. The van der Waals surface area contributed by atoms with Crippen molar-refractivity contribution in [3.05, 3.63) is 18.2 Å². The van der Waals surface area contributed by atoms with Crippen molar-refractivity contribution in [1.82, 2.24) is 0 Å². The number of fused-ring (bicyclic) bond motifs is 1. The zero-order chi connectivity index (χ0) is 13.8. The molecule has 1 aromatic rings. The van der Waals surface area contributed by atoms with E-state index in [-0.39, 0.29) is 6.54 Å². The van der Waals surface area contributed by atoms with Crippen molar-refractivity contribution in [3.8, 4) is 11.5 Å². The monoisotopic (exact) mass is 266 g/mol. The molecule has 3 N–H and O–H groups in total. The van der Waals surface area contributed by atoms with Crippen LogP contribution in [0.15, 0.2) is 18.2 Å². The summed E-state index contributed by atoms with van der Waals surface area (Å²) < 4.78 is 11.1. The number of aliphatic carboxylic acids is 1. The zero-order valence-electron chi connectivity index (χ0n) is 10.8. The van der Waals surface area contributed by atoms with Gasteiger partial charge in [-0.25, -0.2) is 0 Å². The minimum Gasteiger partial charge on any atom is -0.490 e. The van der Waals surface area contributed by atoms with Crippen molar-refractivity contribution in [2.45, 2.75) is 12.5 Å². The number of anilines is 1. The lowest BCUT2D eigenvalue weighted by Crippen LogP contribution is -2.41. The highest BCUT2D eigenvalue weighted by molar-refractivity contribution is 5.74. The third kappa shape index (κ3) is 3.29. The first-order valence-electron chi connectivity index (χ1n) is 6.17. The molecule has 0 aromatic heterocycles. The van der Waals surface area contributed by atoms with E-state index in [0.717, 1.165) is 17.9 Å². The average Bonchev–Trinajstić information content (AvgIpc) is 2.62. The summed E-state index contributed by atoms with van der Waals surface area (Å²) in [5.74, 6) is 0.393. The Balaban J connectivity index is 2.12. The second-order valence-corrected chi connectivity index (χ2v) is 4.51. The summed E-state index contributed by atoms with van der Waals surface area (Å²) in [5.41, 5.74) is 6.37. The lowest BCUT2D eigenvalue weighted by Gasteiger charge is -2.22. The molecule has 0 saturated carbocycles. The van der Waals surface area contributed by atoms with Crippen molar-refractivity contribution in [3.63, 3.8) is 0 Å². The van der Waals surface area contributed by atoms with Crippen LogP contribution in [0.5, 0.6) is 11.5 Å². The molecule has 2 rings (SSSR count). The van der Waals surface area contributed by atoms with Crippen LogP contribution in [-0.2, 0) is 4.79 Å². The Labute approximate surface area is 111 Å². The zero-order valence-corrected chi connectivity index (χ0v) is 10.8. The second kappa shape index (κ2) is 5.79. The van der Waals surface area contributed by atoms with Crippen molar-refractivity contribution < 1.29 is 19.4 Å². The number of hydrogen-bond donors (Lipinski definition) is 2. The van der Waals surface area contributed by atoms with Gasteiger partial charge < -0.3 is 25.2 Å². The quantitative estimate of drug-likeness (QED) is 0.834. The highest BCUT2D eigenvalue weighted by Gasteiger charge is 2.16. The van der Waals surface area contributed by atoms with Gasteiger partial charge in [-0.05, 0) is 12.1 Å². The maximum absolute atomic E-state index is 10.7. The van der Waals surface area contributed by atoms with Gasteiger partial charge in [0.25, 0.3) is 0 Å². The van der Waals surface area contributed by atoms with Gasteiger partial charge in [-0.15, -0.1) is 0 Å². The molecule has 1 atom stereocenters. The third-order valence-electron chi connectivity index (χ3n) is 2.96. The number of likely N-dealkylation sites (N-methyl/N-ethyl adjacent to an activating group) is 1. The summed E-state index contributed by atoms with van der Waals surface area (Å²) in [7, 11) is 1.79. The number of ether oxygens (including phenoxy) is 2. The van der Waals surface area contributed by atoms with Crippen LogP contribution in [0.25, 0.3) is 0 Å². The molecule has 1 aromatic carbocycles. The van der Waals surface area contributed by atoms with E-state index in [1.807, 2.05) is 18.2 Å². The van der Waals surface area contributed by atoms with Crippen LogP contribution in [0.1, 0.15) is 6.42 Å². The molecule has 1 unspecified atom stereocenters. The number of benzene rings is 1. The fraction of sp³-hybridized carbons (Fsp3) is 0.462. The van der Waals surface area contributed by atoms with Gasteiger partial charge in [-0.3, -0.25) is 4.79 Å². The summed E-state index contributed by atoms with van der Waals surface area (Å²) in [4.78, 5) is 12.5. The largest absolute Gasteiger partial charge is 0.490 e. The van der Waals surface area contributed by atoms with Crippen LogP contribution >= 0.6 is 0 Å². The standard InChI is InChI=1S/C13H18N2O4/c1-15(8-10(14)13(16)17)9-3-4-11-12(7-9)19-6-2-5-18-11/h3-4,7,10H,2,5-6,8,14H2,1H3,(H,16,17). The first-order valence-corrected chi connectivity index (χ1v) is 6.17. The normalized spacial score (nSPS) is 15.5. The van der Waals surface area contributed by atoms with E-state index in [9.17, 15) is 4.79 Å². The first kappa shape index (κ1) is 13.5. The molecule has 0 amide bonds. The highest BCUT2D eigenvalue weighted by atomic mass is 16.5. The van der Waals surface area contributed by atoms with Crippen molar-refractivity contribution >= 4 is 11.7 Å². The van der Waals surface area contributed by atoms with Gasteiger partial charge in [0, 0.05) is 31.8 Å². The minimum atomic E-state index is -1.01. The fourth-order valence-electron chi connectivity index (χ4n) is 1.87. The number of carboxylic acids is 1. The molecule has 0 spiro atoms. The number of carboxylic acid groups (broad SMARTS) is 1. The van der Waals surface area contributed by atoms with Gasteiger partial charge in [0.2, 0.25) is 0 Å². The predicted molar refractivity (Wildman–Crippen MR) is 70.9 cm³/mol. The van der Waals surface area contributed by atoms with Gasteiger partial charge in [0.15, 0.2) is 11.5 Å². The molecule has 6 heteroatoms. The summed E-state index contributed by atoms with van der Waals surface area (Å²) >= 11 is 0. The minimum absolute atomic E-state index is 0.231. The fourth-order valence-corrected chi connectivity index (χ4v) is 1.87. The molecule has 1 aliphatic heterocycles. The Morgan fingerprint density at radius 2 is 2.11 bits per heavy atom. The van der Waals surface area contributed by atoms with Gasteiger partial charge in [0.1, 0.15) is 6.04 Å². The summed E-state index contributed by atoms with van der Waals surface area (Å²) in [6.07, 6.45) is 0.851. The Kier molecular flexibility index (Phi) is 4.11. The maximum atomic E-state index is 10.7. The third-order valence-corrected chi connectivity index (χ3v) is 2.96. The molecular formula is C13H18N2O4. The van der Waals surface area contributed by atoms with Gasteiger partial charge in [-0.2, -0.15) is 0 Å². The summed E-state index contributed by atoms with van der Waals surface area (Å²) in [6.45, 7) is 1.50. The lowest BCUT2D eigenvalue weighted by molar-refractivity contribution is -0.138. The van der Waals surface area contributed by atoms with Crippen molar-refractivity contribution in [1.29, 1.82) is 0 Å². The van der Waals surface area contributed by atoms with E-state index >= 15 is 0 Å². The number of nitrogens with two attached hydrogens (primary N) is 1. The molecule has 1 aliphatic rings. The molecule has 0 saturated heterocycles. The molecule has 0 fully saturated rings. The smallest absolute Gasteiger partial charge is 0.322 e. The van der Waals surface area contributed by atoms with Crippen LogP contribution in [0.2, 0.25) is 0 Å². The second-order valence-electron chi connectivity index (χ2n) is 4.51. The number of carbonyl (C=O) groups is 1. The molecule has 104 valence electrons. The highest BCUT2D eigenvalue weighted by Crippen LogP contribution is 2.33. The first-order chi connectivity index (χ1) is 9.08. The summed E-state index contributed by atoms with van der Waals surface area (Å²) in [6, 6.07) is 4.62. The molecule has 1 heterocycles. The van der Waals surface area contributed by atoms with E-state index in [2.05, 4.69) is 0 Å². The Hall–Kier alpha value is -1.95. The van der Waals surface area contributed by atoms with Crippen LogP contribution in [0, 0.1) is 0 Å². The Morgan fingerprint density at radius 3 is 2.79 bits per heavy atom. The van der Waals surface area contributed by atoms with Gasteiger partial charge in [0.05, 0.1) is 13.2 Å². The molecule has 0 aliphatic carbocycles. The van der Waals surface area contributed by atoms with Gasteiger partial charge >= 0.3 is 5.97 Å². The average molecular weight is 266 g/mol. The molecule has 6 nitrogen and oxygen atoms in total. The number of hydrogen-bond acceptors (Lipinski definition) is 5. The van der Waals surface area contributed by atoms with E-state index in [1.165, 1.54) is 0 Å². The molecule has 0 bridgehead atoms. The summed E-state index contributed by atoms with van der Waals surface area (Å²) in [5, 5.41) is 8.81. The topological polar surface area (TPSA) is 85.0 Å². The van der Waals surface area contributed by atoms with Crippen LogP contribution in [0.3, 0.4) is 0 Å². The number of rotatable bonds is 4. The van der Waals surface area contributed by atoms with Crippen LogP contribution in [0.4, 0.5) is 5.69 Å². The SMILES string of the molecule is CN(CC(N)C(=O)O)c1ccc2c(c1)OCCCO2. The maximum Gasteiger partial charge on any atom is 0.322 e. The van der Waals surface area contributed by atoms with Crippen molar-refractivity contribution in [2.75, 3.05) is 31.7 Å². The molecule has 0 radical (unpaired) electrons. The lowest BCUT2D eigenvalue weighted by atomic mass is 10.2. The van der Waals surface area contributed by atoms with Crippen LogP contribution in [-0.4, -0.2) is 43.9 Å². The van der Waals surface area contributed by atoms with Crippen molar-refractivity contribution in [2.24, 2.45) is 5.73 Å². The van der Waals surface area contributed by atoms with E-state index in [0.29, 0.717) is 19.0 Å². The number of nitrogens with zero attached hydrogens (tertiary/aromatic N) is 1. The van der Waals surface area contributed by atoms with Gasteiger partial charge in [-0.1, -0.05) is 0 Å². The molecular weight excluding hydrogens is 248 g/mol. The van der Waals surface area contributed by atoms with E-state index in [4.69, 9.17) is 20.3 Å². The predicted octanol–water partition coefficient (Wildman–Crippen LogP) is 0.696. The van der Waals surface area contributed by atoms with E-state index in [1.54, 1.807) is 11.9 Å². The Morgan fingerprint density at radius 1 is 1.42 bits per heavy atom. The molecule has 19 heavy (non-hydrogen) atoms. The van der Waals surface area contributed by atoms with E-state index < -0.39 is 12.0 Å².